The van der Waals surface area contributed by atoms with Crippen molar-refractivity contribution in [1.29, 1.82) is 0 Å². The predicted molar refractivity (Wildman–Crippen MR) is 264 cm³/mol. The molecular formula is C60H40N2O. The smallest absolute Gasteiger partial charge is 0.136 e. The molecule has 0 aliphatic rings. The van der Waals surface area contributed by atoms with Crippen molar-refractivity contribution < 1.29 is 4.42 Å². The van der Waals surface area contributed by atoms with Gasteiger partial charge in [0.1, 0.15) is 11.2 Å². The van der Waals surface area contributed by atoms with Crippen LogP contribution in [0.3, 0.4) is 0 Å². The molecule has 0 amide bonds. The summed E-state index contributed by atoms with van der Waals surface area (Å²) < 4.78 is 8.56. The van der Waals surface area contributed by atoms with Crippen molar-refractivity contribution in [3.05, 3.63) is 243 Å². The Morgan fingerprint density at radius 2 is 0.635 bits per heavy atom. The maximum Gasteiger partial charge on any atom is 0.136 e. The zero-order valence-corrected chi connectivity index (χ0v) is 34.4. The zero-order chi connectivity index (χ0) is 41.7. The molecule has 63 heavy (non-hydrogen) atoms. The Morgan fingerprint density at radius 1 is 0.270 bits per heavy atom. The van der Waals surface area contributed by atoms with Gasteiger partial charge in [-0.3, -0.25) is 0 Å². The number of rotatable bonds is 8. The third-order valence-corrected chi connectivity index (χ3v) is 12.5. The largest absolute Gasteiger partial charge is 0.456 e. The lowest BCUT2D eigenvalue weighted by Gasteiger charge is -2.26. The molecule has 3 nitrogen and oxygen atoms in total. The number of para-hydroxylation sites is 3. The average Bonchev–Trinajstić information content (AvgIpc) is 3.91. The number of benzene rings is 10. The minimum absolute atomic E-state index is 0.909. The van der Waals surface area contributed by atoms with Crippen LogP contribution in [0.5, 0.6) is 0 Å². The maximum absolute atomic E-state index is 6.19. The summed E-state index contributed by atoms with van der Waals surface area (Å²) in [5.74, 6) is 0. The van der Waals surface area contributed by atoms with E-state index in [2.05, 4.69) is 240 Å². The van der Waals surface area contributed by atoms with E-state index in [1.165, 1.54) is 49.6 Å². The van der Waals surface area contributed by atoms with Crippen LogP contribution in [0.25, 0.3) is 93.9 Å². The van der Waals surface area contributed by atoms with Gasteiger partial charge in [0, 0.05) is 44.3 Å². The van der Waals surface area contributed by atoms with Gasteiger partial charge < -0.3 is 13.9 Å². The monoisotopic (exact) mass is 804 g/mol. The van der Waals surface area contributed by atoms with Crippen LogP contribution in [0.15, 0.2) is 247 Å². The number of anilines is 3. The molecule has 2 aromatic heterocycles. The highest BCUT2D eigenvalue weighted by Crippen LogP contribution is 2.39. The highest BCUT2D eigenvalue weighted by atomic mass is 16.3. The topological polar surface area (TPSA) is 21.3 Å². The van der Waals surface area contributed by atoms with Gasteiger partial charge in [0.2, 0.25) is 0 Å². The highest BCUT2D eigenvalue weighted by Gasteiger charge is 2.16. The van der Waals surface area contributed by atoms with Gasteiger partial charge in [0.25, 0.3) is 0 Å². The Labute approximate surface area is 366 Å². The lowest BCUT2D eigenvalue weighted by atomic mass is 9.99. The minimum atomic E-state index is 0.909. The molecule has 0 spiro atoms. The van der Waals surface area contributed by atoms with Gasteiger partial charge >= 0.3 is 0 Å². The van der Waals surface area contributed by atoms with Crippen LogP contribution in [-0.2, 0) is 0 Å². The van der Waals surface area contributed by atoms with E-state index in [0.717, 1.165) is 61.4 Å². The van der Waals surface area contributed by atoms with Crippen molar-refractivity contribution in [3.8, 4) is 50.2 Å². The Hall–Kier alpha value is -8.40. The molecule has 0 aliphatic heterocycles. The van der Waals surface area contributed by atoms with Crippen LogP contribution in [0.1, 0.15) is 0 Å². The number of nitrogens with zero attached hydrogens (tertiary/aromatic N) is 2. The van der Waals surface area contributed by atoms with Gasteiger partial charge in [-0.25, -0.2) is 0 Å². The summed E-state index contributed by atoms with van der Waals surface area (Å²) in [6, 6.07) is 87.1. The number of hydrogen-bond donors (Lipinski definition) is 0. The molecular weight excluding hydrogens is 765 g/mol. The molecule has 0 bridgehead atoms. The summed E-state index contributed by atoms with van der Waals surface area (Å²) in [4.78, 5) is 2.35. The first-order chi connectivity index (χ1) is 31.2. The summed E-state index contributed by atoms with van der Waals surface area (Å²) in [6.07, 6.45) is 0. The molecule has 0 radical (unpaired) electrons. The van der Waals surface area contributed by atoms with Crippen molar-refractivity contribution in [2.24, 2.45) is 0 Å². The zero-order valence-electron chi connectivity index (χ0n) is 34.4. The van der Waals surface area contributed by atoms with Crippen LogP contribution in [-0.4, -0.2) is 4.57 Å². The van der Waals surface area contributed by atoms with Crippen molar-refractivity contribution in [1.82, 2.24) is 4.57 Å². The van der Waals surface area contributed by atoms with Gasteiger partial charge in [-0.1, -0.05) is 164 Å². The predicted octanol–water partition coefficient (Wildman–Crippen LogP) is 16.8. The van der Waals surface area contributed by atoms with E-state index in [9.17, 15) is 0 Å². The number of hydrogen-bond acceptors (Lipinski definition) is 2. The van der Waals surface area contributed by atoms with Crippen molar-refractivity contribution >= 4 is 60.8 Å². The summed E-state index contributed by atoms with van der Waals surface area (Å²) in [6.45, 7) is 0. The van der Waals surface area contributed by atoms with Gasteiger partial charge in [-0.05, 0) is 123 Å². The Kier molecular flexibility index (Phi) is 8.83. The van der Waals surface area contributed by atoms with Crippen molar-refractivity contribution in [3.63, 3.8) is 0 Å². The van der Waals surface area contributed by atoms with E-state index >= 15 is 0 Å². The minimum Gasteiger partial charge on any atom is -0.456 e. The molecule has 12 rings (SSSR count). The molecule has 296 valence electrons. The molecule has 0 N–H and O–H groups in total. The summed E-state index contributed by atoms with van der Waals surface area (Å²) >= 11 is 0. The third-order valence-electron chi connectivity index (χ3n) is 12.5. The summed E-state index contributed by atoms with van der Waals surface area (Å²) in [5, 5.41) is 4.80. The first kappa shape index (κ1) is 36.5. The number of fused-ring (bicyclic) bond motifs is 6. The first-order valence-corrected chi connectivity index (χ1v) is 21.5. The molecule has 10 aromatic carbocycles. The quantitative estimate of drug-likeness (QED) is 0.153. The van der Waals surface area contributed by atoms with Crippen molar-refractivity contribution in [2.45, 2.75) is 0 Å². The molecule has 3 heteroatoms. The molecule has 0 saturated heterocycles. The fourth-order valence-electron chi connectivity index (χ4n) is 9.25. The molecule has 0 saturated carbocycles. The van der Waals surface area contributed by atoms with Crippen LogP contribution >= 0.6 is 0 Å². The second-order valence-electron chi connectivity index (χ2n) is 16.1. The van der Waals surface area contributed by atoms with Crippen LogP contribution in [0.4, 0.5) is 17.1 Å². The number of furan rings is 1. The van der Waals surface area contributed by atoms with E-state index in [1.54, 1.807) is 0 Å². The van der Waals surface area contributed by atoms with Gasteiger partial charge in [-0.15, -0.1) is 0 Å². The molecule has 0 unspecified atom stereocenters. The van der Waals surface area contributed by atoms with E-state index in [1.807, 2.05) is 12.1 Å². The van der Waals surface area contributed by atoms with Gasteiger partial charge in [0.15, 0.2) is 0 Å². The van der Waals surface area contributed by atoms with E-state index in [0.29, 0.717) is 0 Å². The molecule has 0 aliphatic carbocycles. The standard InChI is InChI=1S/C60H40N2O/c1-2-10-41(11-3-1)42-18-20-43(21-19-42)45-26-31-49(32-27-45)61(51-35-37-52(38-36-51)62-57-15-7-4-12-53(57)54-13-5-8-16-58(54)62)50-33-28-46(29-34-50)44-22-24-47(25-23-44)48-30-39-56-55-14-6-9-17-59(55)63-60(56)40-48/h1-40H. The summed E-state index contributed by atoms with van der Waals surface area (Å²) in [5.41, 5.74) is 18.0. The average molecular weight is 805 g/mol. The second-order valence-corrected chi connectivity index (χ2v) is 16.1. The first-order valence-electron chi connectivity index (χ1n) is 21.5. The lowest BCUT2D eigenvalue weighted by molar-refractivity contribution is 0.669. The summed E-state index contributed by atoms with van der Waals surface area (Å²) in [7, 11) is 0. The number of aromatic nitrogens is 1. The normalized spacial score (nSPS) is 11.5. The van der Waals surface area contributed by atoms with E-state index in [-0.39, 0.29) is 0 Å². The lowest BCUT2D eigenvalue weighted by Crippen LogP contribution is -2.10. The molecule has 0 fully saturated rings. The molecule has 12 aromatic rings. The highest BCUT2D eigenvalue weighted by molar-refractivity contribution is 6.09. The van der Waals surface area contributed by atoms with Crippen molar-refractivity contribution in [2.75, 3.05) is 4.90 Å². The maximum atomic E-state index is 6.19. The second kappa shape index (κ2) is 15.3. The Bertz CT molecular complexity index is 3510. The van der Waals surface area contributed by atoms with Crippen LogP contribution in [0.2, 0.25) is 0 Å². The van der Waals surface area contributed by atoms with Gasteiger partial charge in [-0.2, -0.15) is 0 Å². The SMILES string of the molecule is c1ccc(-c2ccc(-c3ccc(N(c4ccc(-c5ccc(-c6ccc7c(c6)oc6ccccc67)cc5)cc4)c4ccc(-n5c6ccccc6c6ccccc65)cc4)cc3)cc2)cc1. The third kappa shape index (κ3) is 6.55. The molecule has 2 heterocycles. The Balaban J connectivity index is 0.875. The van der Waals surface area contributed by atoms with Crippen LogP contribution < -0.4 is 4.90 Å². The Morgan fingerprint density at radius 3 is 1.16 bits per heavy atom. The van der Waals surface area contributed by atoms with Gasteiger partial charge in [0.05, 0.1) is 11.0 Å². The van der Waals surface area contributed by atoms with Crippen LogP contribution in [0, 0.1) is 0 Å². The fraction of sp³-hybridized carbons (Fsp3) is 0. The van der Waals surface area contributed by atoms with E-state index < -0.39 is 0 Å². The van der Waals surface area contributed by atoms with E-state index in [4.69, 9.17) is 4.42 Å². The fourth-order valence-corrected chi connectivity index (χ4v) is 9.25. The molecule has 0 atom stereocenters.